The number of hydrogen-bond acceptors (Lipinski definition) is 3. The number of rotatable bonds is 1. The van der Waals surface area contributed by atoms with Crippen LogP contribution >= 0.6 is 43.5 Å². The summed E-state index contributed by atoms with van der Waals surface area (Å²) in [5.41, 5.74) is 0.667. The number of halogens is 3. The van der Waals surface area contributed by atoms with Gasteiger partial charge in [-0.25, -0.2) is 9.97 Å². The van der Waals surface area contributed by atoms with Crippen LogP contribution < -0.4 is 0 Å². The fourth-order valence-electron chi connectivity index (χ4n) is 1.03. The van der Waals surface area contributed by atoms with Crippen molar-refractivity contribution in [2.75, 3.05) is 0 Å². The van der Waals surface area contributed by atoms with Crippen LogP contribution in [0.25, 0.3) is 11.5 Å². The van der Waals surface area contributed by atoms with Gasteiger partial charge in [-0.2, -0.15) is 0 Å². The molecule has 0 radical (unpaired) electrons. The van der Waals surface area contributed by atoms with Crippen molar-refractivity contribution in [2.24, 2.45) is 0 Å². The lowest BCUT2D eigenvalue weighted by molar-refractivity contribution is 1.13. The molecule has 76 valence electrons. The summed E-state index contributed by atoms with van der Waals surface area (Å²) in [6.45, 7) is 0. The Labute approximate surface area is 108 Å². The van der Waals surface area contributed by atoms with Gasteiger partial charge in [-0.1, -0.05) is 11.6 Å². The molecular weight excluding hydrogens is 345 g/mol. The molecule has 0 saturated heterocycles. The second kappa shape index (κ2) is 4.55. The molecule has 0 amide bonds. The molecule has 0 saturated carbocycles. The van der Waals surface area contributed by atoms with Gasteiger partial charge in [-0.15, -0.1) is 0 Å². The third kappa shape index (κ3) is 2.53. The van der Waals surface area contributed by atoms with Gasteiger partial charge in [0, 0.05) is 21.3 Å². The van der Waals surface area contributed by atoms with E-state index < -0.39 is 0 Å². The van der Waals surface area contributed by atoms with Crippen LogP contribution in [0.1, 0.15) is 0 Å². The first-order valence-electron chi connectivity index (χ1n) is 3.97. The summed E-state index contributed by atoms with van der Waals surface area (Å²) in [5, 5.41) is 0.400. The van der Waals surface area contributed by atoms with Crippen LogP contribution in [0.5, 0.6) is 0 Å². The Morgan fingerprint density at radius 1 is 1.20 bits per heavy atom. The first-order chi connectivity index (χ1) is 7.16. The minimum absolute atomic E-state index is 0.400. The van der Waals surface area contributed by atoms with Crippen LogP contribution in [-0.2, 0) is 0 Å². The van der Waals surface area contributed by atoms with E-state index >= 15 is 0 Å². The molecule has 2 aromatic rings. The maximum Gasteiger partial charge on any atom is 0.180 e. The summed E-state index contributed by atoms with van der Waals surface area (Å²) in [6.07, 6.45) is 3.28. The molecule has 0 N–H and O–H groups in total. The first kappa shape index (κ1) is 11.0. The molecule has 2 aromatic heterocycles. The maximum atomic E-state index is 5.77. The van der Waals surface area contributed by atoms with Crippen LogP contribution in [0.15, 0.2) is 33.5 Å². The average Bonchev–Trinajstić information content (AvgIpc) is 2.17. The average molecular weight is 349 g/mol. The summed E-state index contributed by atoms with van der Waals surface area (Å²) in [4.78, 5) is 12.4. The van der Waals surface area contributed by atoms with Crippen molar-refractivity contribution < 1.29 is 0 Å². The summed E-state index contributed by atoms with van der Waals surface area (Å²) < 4.78 is 1.71. The summed E-state index contributed by atoms with van der Waals surface area (Å²) in [6, 6.07) is 3.50. The highest BCUT2D eigenvalue weighted by molar-refractivity contribution is 9.11. The smallest absolute Gasteiger partial charge is 0.180 e. The molecule has 0 spiro atoms. The Bertz CT molecular complexity index is 504. The van der Waals surface area contributed by atoms with Crippen molar-refractivity contribution in [3.63, 3.8) is 0 Å². The predicted octanol–water partition coefficient (Wildman–Crippen LogP) is 3.72. The third-order valence-electron chi connectivity index (χ3n) is 1.64. The second-order valence-electron chi connectivity index (χ2n) is 2.69. The molecule has 15 heavy (non-hydrogen) atoms. The Morgan fingerprint density at radius 3 is 2.67 bits per heavy atom. The van der Waals surface area contributed by atoms with E-state index in [-0.39, 0.29) is 0 Å². The van der Waals surface area contributed by atoms with Gasteiger partial charge in [0.05, 0.1) is 0 Å². The van der Waals surface area contributed by atoms with E-state index in [9.17, 15) is 0 Å². The van der Waals surface area contributed by atoms with Gasteiger partial charge in [0.2, 0.25) is 0 Å². The summed E-state index contributed by atoms with van der Waals surface area (Å²) >= 11 is 12.5. The lowest BCUT2D eigenvalue weighted by Crippen LogP contribution is -1.92. The van der Waals surface area contributed by atoms with Gasteiger partial charge in [0.1, 0.15) is 10.8 Å². The highest BCUT2D eigenvalue weighted by Gasteiger charge is 2.08. The van der Waals surface area contributed by atoms with E-state index in [1.807, 2.05) is 6.07 Å². The standard InChI is InChI=1S/C9H4Br2ClN3/c10-5-3-6(11)8(14-4-5)9-13-2-1-7(12)15-9/h1-4H. The lowest BCUT2D eigenvalue weighted by Gasteiger charge is -2.02. The zero-order chi connectivity index (χ0) is 10.8. The van der Waals surface area contributed by atoms with Gasteiger partial charge in [0.15, 0.2) is 5.82 Å². The molecule has 0 aromatic carbocycles. The normalized spacial score (nSPS) is 10.3. The molecule has 0 aliphatic carbocycles. The highest BCUT2D eigenvalue weighted by atomic mass is 79.9. The Kier molecular flexibility index (Phi) is 3.33. The third-order valence-corrected chi connectivity index (χ3v) is 2.89. The molecular formula is C9H4Br2ClN3. The zero-order valence-corrected chi connectivity index (χ0v) is 11.2. The molecule has 0 unspecified atom stereocenters. The molecule has 0 aliphatic rings. The highest BCUT2D eigenvalue weighted by Crippen LogP contribution is 2.26. The fourth-order valence-corrected chi connectivity index (χ4v) is 2.33. The van der Waals surface area contributed by atoms with Crippen molar-refractivity contribution >= 4 is 43.5 Å². The van der Waals surface area contributed by atoms with Gasteiger partial charge in [0.25, 0.3) is 0 Å². The van der Waals surface area contributed by atoms with E-state index in [4.69, 9.17) is 11.6 Å². The number of hydrogen-bond donors (Lipinski definition) is 0. The van der Waals surface area contributed by atoms with Crippen molar-refractivity contribution in [1.29, 1.82) is 0 Å². The SMILES string of the molecule is Clc1ccnc(-c2ncc(Br)cc2Br)n1. The van der Waals surface area contributed by atoms with Gasteiger partial charge in [-0.3, -0.25) is 4.98 Å². The van der Waals surface area contributed by atoms with E-state index in [0.29, 0.717) is 16.7 Å². The number of nitrogens with zero attached hydrogens (tertiary/aromatic N) is 3. The topological polar surface area (TPSA) is 38.7 Å². The monoisotopic (exact) mass is 347 g/mol. The number of pyridine rings is 1. The van der Waals surface area contributed by atoms with Crippen molar-refractivity contribution in [2.45, 2.75) is 0 Å². The van der Waals surface area contributed by atoms with Gasteiger partial charge in [-0.05, 0) is 44.0 Å². The summed E-state index contributed by atoms with van der Waals surface area (Å²) in [5.74, 6) is 0.502. The Hall–Kier alpha value is -0.520. The minimum atomic E-state index is 0.400. The van der Waals surface area contributed by atoms with Gasteiger partial charge >= 0.3 is 0 Å². The van der Waals surface area contributed by atoms with Crippen molar-refractivity contribution in [1.82, 2.24) is 15.0 Å². The Morgan fingerprint density at radius 2 is 2.00 bits per heavy atom. The fraction of sp³-hybridized carbons (Fsp3) is 0. The largest absolute Gasteiger partial charge is 0.251 e. The lowest BCUT2D eigenvalue weighted by atomic mass is 10.3. The Balaban J connectivity index is 2.54. The van der Waals surface area contributed by atoms with Crippen LogP contribution in [0.3, 0.4) is 0 Å². The van der Waals surface area contributed by atoms with E-state index in [1.54, 1.807) is 18.5 Å². The van der Waals surface area contributed by atoms with Crippen molar-refractivity contribution in [3.8, 4) is 11.5 Å². The van der Waals surface area contributed by atoms with E-state index in [0.717, 1.165) is 8.95 Å². The molecule has 2 heterocycles. The predicted molar refractivity (Wildman–Crippen MR) is 65.7 cm³/mol. The molecule has 6 heteroatoms. The van der Waals surface area contributed by atoms with Crippen molar-refractivity contribution in [3.05, 3.63) is 38.6 Å². The molecule has 3 nitrogen and oxygen atoms in total. The molecule has 0 fully saturated rings. The summed E-state index contributed by atoms with van der Waals surface area (Å²) in [7, 11) is 0. The second-order valence-corrected chi connectivity index (χ2v) is 4.84. The van der Waals surface area contributed by atoms with Crippen LogP contribution in [-0.4, -0.2) is 15.0 Å². The maximum absolute atomic E-state index is 5.77. The van der Waals surface area contributed by atoms with E-state index in [1.165, 1.54) is 0 Å². The molecule has 0 atom stereocenters. The quantitative estimate of drug-likeness (QED) is 0.737. The van der Waals surface area contributed by atoms with E-state index in [2.05, 4.69) is 46.8 Å². The zero-order valence-electron chi connectivity index (χ0n) is 7.28. The van der Waals surface area contributed by atoms with Crippen LogP contribution in [0.4, 0.5) is 0 Å². The molecule has 2 rings (SSSR count). The molecule has 0 aliphatic heterocycles. The van der Waals surface area contributed by atoms with Crippen LogP contribution in [0.2, 0.25) is 5.15 Å². The van der Waals surface area contributed by atoms with Crippen LogP contribution in [0, 0.1) is 0 Å². The first-order valence-corrected chi connectivity index (χ1v) is 5.93. The van der Waals surface area contributed by atoms with Gasteiger partial charge < -0.3 is 0 Å². The molecule has 0 bridgehead atoms. The minimum Gasteiger partial charge on any atom is -0.251 e. The number of aromatic nitrogens is 3.